The van der Waals surface area contributed by atoms with Gasteiger partial charge in [-0.25, -0.2) is 0 Å². The standard InChI is InChI=1S/C10H15F3N2O/c11-10(12,13)8-15(4-1-5-16)7-9-2-3-14-6-9/h2-3,6,14,16H,1,4-5,7-8H2. The van der Waals surface area contributed by atoms with Gasteiger partial charge in [-0.1, -0.05) is 0 Å². The minimum absolute atomic E-state index is 0.0957. The summed E-state index contributed by atoms with van der Waals surface area (Å²) in [5.41, 5.74) is 0.808. The van der Waals surface area contributed by atoms with Gasteiger partial charge in [0.1, 0.15) is 0 Å². The molecule has 0 unspecified atom stereocenters. The molecule has 0 saturated heterocycles. The van der Waals surface area contributed by atoms with Crippen LogP contribution in [0.4, 0.5) is 13.2 Å². The first-order chi connectivity index (χ1) is 7.51. The fourth-order valence-electron chi connectivity index (χ4n) is 1.48. The van der Waals surface area contributed by atoms with Gasteiger partial charge < -0.3 is 10.1 Å². The highest BCUT2D eigenvalue weighted by atomic mass is 19.4. The van der Waals surface area contributed by atoms with E-state index in [9.17, 15) is 13.2 Å². The first-order valence-corrected chi connectivity index (χ1v) is 5.03. The predicted molar refractivity (Wildman–Crippen MR) is 53.8 cm³/mol. The van der Waals surface area contributed by atoms with Crippen molar-refractivity contribution >= 4 is 0 Å². The van der Waals surface area contributed by atoms with Crippen LogP contribution >= 0.6 is 0 Å². The molecule has 1 heterocycles. The number of hydrogen-bond acceptors (Lipinski definition) is 2. The second kappa shape index (κ2) is 5.91. The monoisotopic (exact) mass is 236 g/mol. The molecule has 0 fully saturated rings. The van der Waals surface area contributed by atoms with Crippen LogP contribution in [-0.4, -0.2) is 40.9 Å². The van der Waals surface area contributed by atoms with Gasteiger partial charge in [-0.3, -0.25) is 4.90 Å². The lowest BCUT2D eigenvalue weighted by Gasteiger charge is -2.22. The summed E-state index contributed by atoms with van der Waals surface area (Å²) in [4.78, 5) is 4.07. The summed E-state index contributed by atoms with van der Waals surface area (Å²) in [5.74, 6) is 0. The molecule has 0 bridgehead atoms. The smallest absolute Gasteiger partial charge is 0.396 e. The van der Waals surface area contributed by atoms with Crippen molar-refractivity contribution in [3.63, 3.8) is 0 Å². The third-order valence-corrected chi connectivity index (χ3v) is 2.10. The molecule has 0 atom stereocenters. The molecule has 0 saturated carbocycles. The van der Waals surface area contributed by atoms with Crippen LogP contribution in [0.5, 0.6) is 0 Å². The molecule has 0 amide bonds. The Kier molecular flexibility index (Phi) is 4.82. The van der Waals surface area contributed by atoms with Crippen molar-refractivity contribution in [2.24, 2.45) is 0 Å². The number of aromatic amines is 1. The molecule has 2 N–H and O–H groups in total. The SMILES string of the molecule is OCCCN(Cc1cc[nH]c1)CC(F)(F)F. The zero-order chi connectivity index (χ0) is 12.0. The number of halogens is 3. The fourth-order valence-corrected chi connectivity index (χ4v) is 1.48. The van der Waals surface area contributed by atoms with Crippen LogP contribution < -0.4 is 0 Å². The summed E-state index contributed by atoms with van der Waals surface area (Å²) < 4.78 is 36.7. The zero-order valence-corrected chi connectivity index (χ0v) is 8.80. The lowest BCUT2D eigenvalue weighted by atomic mass is 10.3. The molecule has 0 aliphatic rings. The number of aromatic nitrogens is 1. The summed E-state index contributed by atoms with van der Waals surface area (Å²) in [7, 11) is 0. The fraction of sp³-hybridized carbons (Fsp3) is 0.600. The molecule has 1 rings (SSSR count). The quantitative estimate of drug-likeness (QED) is 0.790. The summed E-state index contributed by atoms with van der Waals surface area (Å²) in [6.45, 7) is -0.566. The average Bonchev–Trinajstić information content (AvgIpc) is 2.64. The van der Waals surface area contributed by atoms with Gasteiger partial charge in [-0.15, -0.1) is 0 Å². The predicted octanol–water partition coefficient (Wildman–Crippen LogP) is 1.76. The van der Waals surface area contributed by atoms with Crippen LogP contribution in [-0.2, 0) is 6.54 Å². The second-order valence-electron chi connectivity index (χ2n) is 3.62. The number of aliphatic hydroxyl groups excluding tert-OH is 1. The molecular formula is C10H15F3N2O. The van der Waals surface area contributed by atoms with Crippen LogP contribution in [0.25, 0.3) is 0 Å². The van der Waals surface area contributed by atoms with Gasteiger partial charge in [0, 0.05) is 32.1 Å². The van der Waals surface area contributed by atoms with Gasteiger partial charge in [0.2, 0.25) is 0 Å². The van der Waals surface area contributed by atoms with Gasteiger partial charge in [0.25, 0.3) is 0 Å². The van der Waals surface area contributed by atoms with E-state index in [1.165, 1.54) is 4.90 Å². The zero-order valence-electron chi connectivity index (χ0n) is 8.80. The van der Waals surface area contributed by atoms with E-state index < -0.39 is 12.7 Å². The van der Waals surface area contributed by atoms with E-state index in [-0.39, 0.29) is 19.7 Å². The lowest BCUT2D eigenvalue weighted by molar-refractivity contribution is -0.147. The largest absolute Gasteiger partial charge is 0.401 e. The number of H-pyrrole nitrogens is 1. The van der Waals surface area contributed by atoms with Crippen LogP contribution in [0.3, 0.4) is 0 Å². The van der Waals surface area contributed by atoms with Crippen LogP contribution in [0, 0.1) is 0 Å². The number of nitrogens with one attached hydrogen (secondary N) is 1. The van der Waals surface area contributed by atoms with Crippen molar-refractivity contribution in [2.45, 2.75) is 19.1 Å². The number of alkyl halides is 3. The Morgan fingerprint density at radius 1 is 1.38 bits per heavy atom. The molecular weight excluding hydrogens is 221 g/mol. The molecule has 16 heavy (non-hydrogen) atoms. The van der Waals surface area contributed by atoms with Gasteiger partial charge in [-0.05, 0) is 18.1 Å². The molecule has 3 nitrogen and oxygen atoms in total. The highest BCUT2D eigenvalue weighted by Crippen LogP contribution is 2.18. The Hall–Kier alpha value is -1.01. The number of hydrogen-bond donors (Lipinski definition) is 2. The first-order valence-electron chi connectivity index (χ1n) is 5.03. The maximum Gasteiger partial charge on any atom is 0.401 e. The maximum absolute atomic E-state index is 12.2. The highest BCUT2D eigenvalue weighted by Gasteiger charge is 2.30. The molecule has 1 aromatic heterocycles. The van der Waals surface area contributed by atoms with Gasteiger partial charge in [0.05, 0.1) is 6.54 Å². The molecule has 1 aromatic rings. The maximum atomic E-state index is 12.2. The topological polar surface area (TPSA) is 39.3 Å². The van der Waals surface area contributed by atoms with E-state index >= 15 is 0 Å². The third-order valence-electron chi connectivity index (χ3n) is 2.10. The van der Waals surface area contributed by atoms with E-state index in [1.807, 2.05) is 0 Å². The third kappa shape index (κ3) is 5.18. The second-order valence-corrected chi connectivity index (χ2v) is 3.62. The van der Waals surface area contributed by atoms with Gasteiger partial charge in [-0.2, -0.15) is 13.2 Å². The minimum atomic E-state index is -4.20. The molecule has 92 valence electrons. The Morgan fingerprint density at radius 3 is 2.62 bits per heavy atom. The average molecular weight is 236 g/mol. The summed E-state index contributed by atoms with van der Waals surface area (Å²) in [6.07, 6.45) is -0.512. The molecule has 0 radical (unpaired) electrons. The van der Waals surface area contributed by atoms with Gasteiger partial charge in [0.15, 0.2) is 0 Å². The highest BCUT2D eigenvalue weighted by molar-refractivity contribution is 5.07. The van der Waals surface area contributed by atoms with Crippen molar-refractivity contribution in [3.05, 3.63) is 24.0 Å². The molecule has 0 spiro atoms. The number of nitrogens with zero attached hydrogens (tertiary/aromatic N) is 1. The Balaban J connectivity index is 2.50. The van der Waals surface area contributed by atoms with E-state index in [1.54, 1.807) is 18.5 Å². The first kappa shape index (κ1) is 13.1. The number of rotatable bonds is 6. The van der Waals surface area contributed by atoms with E-state index in [0.29, 0.717) is 6.42 Å². The lowest BCUT2D eigenvalue weighted by Crippen LogP contribution is -2.34. The van der Waals surface area contributed by atoms with E-state index in [2.05, 4.69) is 4.98 Å². The van der Waals surface area contributed by atoms with Crippen molar-refractivity contribution in [1.82, 2.24) is 9.88 Å². The summed E-state index contributed by atoms with van der Waals surface area (Å²) in [6, 6.07) is 1.74. The molecule has 6 heteroatoms. The summed E-state index contributed by atoms with van der Waals surface area (Å²) >= 11 is 0. The molecule has 0 aromatic carbocycles. The van der Waals surface area contributed by atoms with Crippen LogP contribution in [0.2, 0.25) is 0 Å². The Bertz CT molecular complexity index is 285. The number of aliphatic hydroxyl groups is 1. The summed E-state index contributed by atoms with van der Waals surface area (Å²) in [5, 5.41) is 8.63. The van der Waals surface area contributed by atoms with E-state index in [4.69, 9.17) is 5.11 Å². The normalized spacial score (nSPS) is 12.3. The van der Waals surface area contributed by atoms with Crippen molar-refractivity contribution in [1.29, 1.82) is 0 Å². The van der Waals surface area contributed by atoms with Crippen molar-refractivity contribution in [3.8, 4) is 0 Å². The Morgan fingerprint density at radius 2 is 2.12 bits per heavy atom. The Labute approximate surface area is 91.9 Å². The van der Waals surface area contributed by atoms with Gasteiger partial charge >= 0.3 is 6.18 Å². The minimum Gasteiger partial charge on any atom is -0.396 e. The van der Waals surface area contributed by atoms with Crippen molar-refractivity contribution < 1.29 is 18.3 Å². The van der Waals surface area contributed by atoms with Crippen LogP contribution in [0.1, 0.15) is 12.0 Å². The molecule has 0 aliphatic heterocycles. The van der Waals surface area contributed by atoms with E-state index in [0.717, 1.165) is 5.56 Å². The molecule has 0 aliphatic carbocycles. The van der Waals surface area contributed by atoms with Crippen LogP contribution in [0.15, 0.2) is 18.5 Å². The van der Waals surface area contributed by atoms with Crippen molar-refractivity contribution in [2.75, 3.05) is 19.7 Å².